The van der Waals surface area contributed by atoms with E-state index in [1.165, 1.54) is 5.56 Å². The van der Waals surface area contributed by atoms with Crippen LogP contribution in [0.1, 0.15) is 34.8 Å². The molecule has 0 atom stereocenters. The summed E-state index contributed by atoms with van der Waals surface area (Å²) in [6.07, 6.45) is 2.79. The van der Waals surface area contributed by atoms with Crippen LogP contribution in [0.15, 0.2) is 29.8 Å². The van der Waals surface area contributed by atoms with Crippen molar-refractivity contribution >= 4 is 22.9 Å². The fourth-order valence-corrected chi connectivity index (χ4v) is 3.09. The lowest BCUT2D eigenvalue weighted by atomic mass is 10.0. The number of hydrogen-bond donors (Lipinski definition) is 2. The maximum atomic E-state index is 12.4. The second kappa shape index (κ2) is 4.90. The van der Waals surface area contributed by atoms with Gasteiger partial charge in [-0.25, -0.2) is 4.98 Å². The van der Waals surface area contributed by atoms with Crippen molar-refractivity contribution in [2.24, 2.45) is 0 Å². The second-order valence-electron chi connectivity index (χ2n) is 5.47. The van der Waals surface area contributed by atoms with Gasteiger partial charge in [0.25, 0.3) is 5.91 Å². The molecule has 2 heterocycles. The van der Waals surface area contributed by atoms with Gasteiger partial charge in [-0.1, -0.05) is 6.07 Å². The first-order valence-electron chi connectivity index (χ1n) is 6.65. The van der Waals surface area contributed by atoms with Crippen molar-refractivity contribution in [3.05, 3.63) is 45.9 Å². The molecule has 0 spiro atoms. The summed E-state index contributed by atoms with van der Waals surface area (Å²) in [4.78, 5) is 16.7. The van der Waals surface area contributed by atoms with Crippen molar-refractivity contribution in [3.8, 4) is 0 Å². The fourth-order valence-electron chi connectivity index (χ4n) is 2.37. The maximum absolute atomic E-state index is 12.4. The number of rotatable bonds is 3. The highest BCUT2D eigenvalue weighted by molar-refractivity contribution is 7.09. The zero-order chi connectivity index (χ0) is 14.2. The Kier molecular flexibility index (Phi) is 3.22. The van der Waals surface area contributed by atoms with Crippen molar-refractivity contribution < 1.29 is 4.79 Å². The van der Waals surface area contributed by atoms with Crippen LogP contribution in [0.25, 0.3) is 0 Å². The number of amides is 1. The smallest absolute Gasteiger partial charge is 0.252 e. The normalized spacial score (nSPS) is 13.7. The van der Waals surface area contributed by atoms with Crippen LogP contribution >= 0.6 is 11.3 Å². The number of nitrogens with one attached hydrogen (secondary N) is 2. The minimum atomic E-state index is -0.461. The summed E-state index contributed by atoms with van der Waals surface area (Å²) in [6.45, 7) is 4.88. The monoisotopic (exact) mass is 287 g/mol. The summed E-state index contributed by atoms with van der Waals surface area (Å²) >= 11 is 1.55. The lowest BCUT2D eigenvalue weighted by molar-refractivity contribution is 0.0912. The molecular weight excluding hydrogens is 270 g/mol. The van der Waals surface area contributed by atoms with E-state index in [1.807, 2.05) is 37.4 Å². The molecule has 2 aromatic rings. The summed E-state index contributed by atoms with van der Waals surface area (Å²) in [7, 11) is 0. The van der Waals surface area contributed by atoms with Crippen LogP contribution in [-0.2, 0) is 12.0 Å². The Morgan fingerprint density at radius 1 is 1.45 bits per heavy atom. The molecule has 0 bridgehead atoms. The van der Waals surface area contributed by atoms with Crippen LogP contribution in [0.3, 0.4) is 0 Å². The van der Waals surface area contributed by atoms with Crippen LogP contribution in [0, 0.1) is 0 Å². The SMILES string of the molecule is CC(C)(NC(=O)c1ccc2c(c1)NCC2)c1nccs1. The average Bonchev–Trinajstić information content (AvgIpc) is 3.09. The fraction of sp³-hybridized carbons (Fsp3) is 0.333. The lowest BCUT2D eigenvalue weighted by Crippen LogP contribution is -2.40. The van der Waals surface area contributed by atoms with Gasteiger partial charge in [0, 0.05) is 29.4 Å². The topological polar surface area (TPSA) is 54.0 Å². The van der Waals surface area contributed by atoms with E-state index >= 15 is 0 Å². The van der Waals surface area contributed by atoms with E-state index in [9.17, 15) is 4.79 Å². The van der Waals surface area contributed by atoms with Gasteiger partial charge in [0.2, 0.25) is 0 Å². The maximum Gasteiger partial charge on any atom is 0.252 e. The molecule has 3 rings (SSSR count). The first kappa shape index (κ1) is 13.1. The van der Waals surface area contributed by atoms with Crippen molar-refractivity contribution in [2.45, 2.75) is 25.8 Å². The summed E-state index contributed by atoms with van der Waals surface area (Å²) in [5.74, 6) is -0.0679. The zero-order valence-electron chi connectivity index (χ0n) is 11.6. The molecule has 1 aromatic heterocycles. The van der Waals surface area contributed by atoms with Gasteiger partial charge in [-0.2, -0.15) is 0 Å². The molecule has 1 aliphatic heterocycles. The molecule has 0 radical (unpaired) electrons. The molecule has 0 saturated carbocycles. The van der Waals surface area contributed by atoms with E-state index in [1.54, 1.807) is 17.5 Å². The minimum Gasteiger partial charge on any atom is -0.384 e. The van der Waals surface area contributed by atoms with Crippen molar-refractivity contribution in [1.29, 1.82) is 0 Å². The molecule has 4 nitrogen and oxygen atoms in total. The second-order valence-corrected chi connectivity index (χ2v) is 6.36. The third-order valence-corrected chi connectivity index (χ3v) is 4.57. The molecule has 0 saturated heterocycles. The number of hydrogen-bond acceptors (Lipinski definition) is 4. The third kappa shape index (κ3) is 2.41. The van der Waals surface area contributed by atoms with E-state index in [0.717, 1.165) is 23.7 Å². The van der Waals surface area contributed by atoms with Gasteiger partial charge in [0.05, 0.1) is 5.54 Å². The Hall–Kier alpha value is -1.88. The standard InChI is InChI=1S/C15H17N3OS/c1-15(2,14-17-7-8-20-14)18-13(19)11-4-3-10-5-6-16-12(10)9-11/h3-4,7-9,16H,5-6H2,1-2H3,(H,18,19). The van der Waals surface area contributed by atoms with Crippen molar-refractivity contribution in [2.75, 3.05) is 11.9 Å². The van der Waals surface area contributed by atoms with E-state index < -0.39 is 5.54 Å². The predicted molar refractivity (Wildman–Crippen MR) is 81.2 cm³/mol. The molecule has 2 N–H and O–H groups in total. The van der Waals surface area contributed by atoms with Gasteiger partial charge < -0.3 is 10.6 Å². The third-order valence-electron chi connectivity index (χ3n) is 3.47. The summed E-state index contributed by atoms with van der Waals surface area (Å²) < 4.78 is 0. The Morgan fingerprint density at radius 3 is 3.05 bits per heavy atom. The summed E-state index contributed by atoms with van der Waals surface area (Å²) in [5, 5.41) is 9.17. The Morgan fingerprint density at radius 2 is 2.30 bits per heavy atom. The number of benzene rings is 1. The molecule has 0 unspecified atom stereocenters. The summed E-state index contributed by atoms with van der Waals surface area (Å²) in [5.41, 5.74) is 2.57. The van der Waals surface area contributed by atoms with Gasteiger partial charge in [-0.05, 0) is 38.0 Å². The molecule has 20 heavy (non-hydrogen) atoms. The van der Waals surface area contributed by atoms with Gasteiger partial charge in [0.1, 0.15) is 5.01 Å². The highest BCUT2D eigenvalue weighted by Crippen LogP contribution is 2.25. The number of thiazole rings is 1. The number of carbonyl (C=O) groups excluding carboxylic acids is 1. The van der Waals surface area contributed by atoms with E-state index in [4.69, 9.17) is 0 Å². The van der Waals surface area contributed by atoms with Gasteiger partial charge in [0.15, 0.2) is 0 Å². The first-order chi connectivity index (χ1) is 9.56. The van der Waals surface area contributed by atoms with Gasteiger partial charge in [-0.3, -0.25) is 4.79 Å². The van der Waals surface area contributed by atoms with Gasteiger partial charge in [-0.15, -0.1) is 11.3 Å². The Balaban J connectivity index is 1.80. The number of carbonyl (C=O) groups is 1. The highest BCUT2D eigenvalue weighted by Gasteiger charge is 2.26. The highest BCUT2D eigenvalue weighted by atomic mass is 32.1. The number of fused-ring (bicyclic) bond motifs is 1. The first-order valence-corrected chi connectivity index (χ1v) is 7.53. The molecule has 0 fully saturated rings. The van der Waals surface area contributed by atoms with E-state index in [-0.39, 0.29) is 5.91 Å². The largest absolute Gasteiger partial charge is 0.384 e. The van der Waals surface area contributed by atoms with E-state index in [2.05, 4.69) is 15.6 Å². The minimum absolute atomic E-state index is 0.0679. The summed E-state index contributed by atoms with van der Waals surface area (Å²) in [6, 6.07) is 5.84. The molecule has 0 aliphatic carbocycles. The lowest BCUT2D eigenvalue weighted by Gasteiger charge is -2.24. The zero-order valence-corrected chi connectivity index (χ0v) is 12.4. The molecule has 1 amide bonds. The molecule has 5 heteroatoms. The van der Waals surface area contributed by atoms with Gasteiger partial charge >= 0.3 is 0 Å². The van der Waals surface area contributed by atoms with Crippen LogP contribution < -0.4 is 10.6 Å². The Bertz CT molecular complexity index is 635. The predicted octanol–water partition coefficient (Wildman–Crippen LogP) is 2.78. The van der Waals surface area contributed by atoms with Crippen molar-refractivity contribution in [1.82, 2.24) is 10.3 Å². The van der Waals surface area contributed by atoms with Crippen molar-refractivity contribution in [3.63, 3.8) is 0 Å². The number of anilines is 1. The molecular formula is C15H17N3OS. The number of aromatic nitrogens is 1. The van der Waals surface area contributed by atoms with Crippen LogP contribution in [0.2, 0.25) is 0 Å². The van der Waals surface area contributed by atoms with E-state index in [0.29, 0.717) is 5.56 Å². The average molecular weight is 287 g/mol. The quantitative estimate of drug-likeness (QED) is 0.912. The number of nitrogens with zero attached hydrogens (tertiary/aromatic N) is 1. The molecule has 1 aliphatic rings. The Labute approximate surface area is 122 Å². The van der Waals surface area contributed by atoms with Crippen LogP contribution in [0.4, 0.5) is 5.69 Å². The van der Waals surface area contributed by atoms with Crippen LogP contribution in [-0.4, -0.2) is 17.4 Å². The molecule has 104 valence electrons. The molecule has 1 aromatic carbocycles. The van der Waals surface area contributed by atoms with Crippen LogP contribution in [0.5, 0.6) is 0 Å².